The summed E-state index contributed by atoms with van der Waals surface area (Å²) in [5.41, 5.74) is 11.9. The van der Waals surface area contributed by atoms with Gasteiger partial charge in [0, 0.05) is 45.2 Å². The Bertz CT molecular complexity index is 2550. The van der Waals surface area contributed by atoms with E-state index < -0.39 is 0 Å². The van der Waals surface area contributed by atoms with E-state index >= 15 is 0 Å². The molecule has 9 rings (SSSR count). The molecule has 48 heavy (non-hydrogen) atoms. The Morgan fingerprint density at radius 2 is 1.06 bits per heavy atom. The molecule has 2 aromatic heterocycles. The zero-order valence-electron chi connectivity index (χ0n) is 26.1. The minimum atomic E-state index is 0.875. The lowest BCUT2D eigenvalue weighted by molar-refractivity contribution is 0.672. The van der Waals surface area contributed by atoms with E-state index in [-0.39, 0.29) is 0 Å². The van der Waals surface area contributed by atoms with Crippen molar-refractivity contribution in [3.05, 3.63) is 182 Å². The fraction of sp³-hybridized carbons (Fsp3) is 0. The molecule has 226 valence electrons. The van der Waals surface area contributed by atoms with Gasteiger partial charge in [0.1, 0.15) is 11.2 Å². The highest BCUT2D eigenvalue weighted by Gasteiger charge is 2.23. The first-order chi connectivity index (χ1) is 23.8. The summed E-state index contributed by atoms with van der Waals surface area (Å²) in [5.74, 6) is 0. The first kappa shape index (κ1) is 27.8. The van der Waals surface area contributed by atoms with Crippen molar-refractivity contribution in [1.29, 1.82) is 0 Å². The molecule has 0 N–H and O–H groups in total. The van der Waals surface area contributed by atoms with Crippen LogP contribution >= 0.6 is 0 Å². The van der Waals surface area contributed by atoms with E-state index in [2.05, 4.69) is 168 Å². The van der Waals surface area contributed by atoms with Gasteiger partial charge in [-0.05, 0) is 64.2 Å². The second-order valence-electron chi connectivity index (χ2n) is 12.0. The third-order valence-corrected chi connectivity index (χ3v) is 9.16. The second-order valence-corrected chi connectivity index (χ2v) is 12.0. The van der Waals surface area contributed by atoms with E-state index in [4.69, 9.17) is 4.42 Å². The van der Waals surface area contributed by atoms with Crippen LogP contribution in [0.1, 0.15) is 0 Å². The Morgan fingerprint density at radius 3 is 1.88 bits per heavy atom. The molecule has 0 atom stereocenters. The van der Waals surface area contributed by atoms with Gasteiger partial charge in [0.05, 0.1) is 11.4 Å². The molecule has 9 aromatic rings. The van der Waals surface area contributed by atoms with Gasteiger partial charge in [-0.25, -0.2) is 0 Å². The fourth-order valence-corrected chi connectivity index (χ4v) is 6.85. The summed E-state index contributed by atoms with van der Waals surface area (Å²) in [4.78, 5) is 7.00. The monoisotopic (exact) mass is 614 g/mol. The predicted octanol–water partition coefficient (Wildman–Crippen LogP) is 12.6. The molecule has 2 heterocycles. The van der Waals surface area contributed by atoms with Gasteiger partial charge < -0.3 is 9.32 Å². The average Bonchev–Trinajstić information content (AvgIpc) is 3.55. The maximum atomic E-state index is 6.48. The number of furan rings is 1. The highest BCUT2D eigenvalue weighted by molar-refractivity contribution is 6.19. The maximum absolute atomic E-state index is 6.48. The standard InChI is InChI=1S/C45H30N2O/c1-3-12-31(13-4-1)32-22-24-33(25-23-32)35-16-11-17-36(28-35)47(42-20-9-7-18-37(42)34-14-5-2-6-15-34)43-29-40-38-19-8-10-21-44(38)48-45(40)39-26-27-46-30-41(39)43/h1-30H. The van der Waals surface area contributed by atoms with Crippen LogP contribution in [0.25, 0.3) is 66.1 Å². The SMILES string of the molecule is c1ccc(-c2ccc(-c3cccc(N(c4ccccc4-c4ccccc4)c4cc5c6ccccc6oc5c5ccncc45)c3)cc2)cc1. The fourth-order valence-electron chi connectivity index (χ4n) is 6.85. The molecule has 0 fully saturated rings. The lowest BCUT2D eigenvalue weighted by Gasteiger charge is -2.29. The molecule has 0 aliphatic heterocycles. The molecule has 0 radical (unpaired) electrons. The van der Waals surface area contributed by atoms with E-state index in [1.54, 1.807) is 0 Å². The number of hydrogen-bond acceptors (Lipinski definition) is 3. The van der Waals surface area contributed by atoms with Crippen LogP contribution in [0.15, 0.2) is 187 Å². The number of nitrogens with zero attached hydrogens (tertiary/aromatic N) is 2. The number of hydrogen-bond donors (Lipinski definition) is 0. The van der Waals surface area contributed by atoms with Gasteiger partial charge in [0.25, 0.3) is 0 Å². The molecule has 0 saturated heterocycles. The van der Waals surface area contributed by atoms with Crippen molar-refractivity contribution in [3.8, 4) is 33.4 Å². The van der Waals surface area contributed by atoms with Crippen molar-refractivity contribution in [2.24, 2.45) is 0 Å². The van der Waals surface area contributed by atoms with E-state index in [0.29, 0.717) is 0 Å². The van der Waals surface area contributed by atoms with Crippen LogP contribution in [0.4, 0.5) is 17.1 Å². The summed E-state index contributed by atoms with van der Waals surface area (Å²) in [7, 11) is 0. The Balaban J connectivity index is 1.29. The number of benzene rings is 7. The van der Waals surface area contributed by atoms with Gasteiger partial charge in [0.2, 0.25) is 0 Å². The summed E-state index contributed by atoms with van der Waals surface area (Å²) < 4.78 is 6.48. The van der Waals surface area contributed by atoms with Crippen molar-refractivity contribution < 1.29 is 4.42 Å². The molecule has 7 aromatic carbocycles. The zero-order chi connectivity index (χ0) is 31.9. The number of pyridine rings is 1. The Morgan fingerprint density at radius 1 is 0.417 bits per heavy atom. The van der Waals surface area contributed by atoms with E-state index in [1.807, 2.05) is 24.5 Å². The number of para-hydroxylation sites is 2. The largest absolute Gasteiger partial charge is 0.455 e. The van der Waals surface area contributed by atoms with Crippen molar-refractivity contribution in [2.75, 3.05) is 4.90 Å². The Kier molecular flexibility index (Phi) is 6.80. The topological polar surface area (TPSA) is 29.3 Å². The maximum Gasteiger partial charge on any atom is 0.143 e. The van der Waals surface area contributed by atoms with Gasteiger partial charge in [-0.1, -0.05) is 133 Å². The third-order valence-electron chi connectivity index (χ3n) is 9.16. The minimum Gasteiger partial charge on any atom is -0.455 e. The molecule has 3 nitrogen and oxygen atoms in total. The molecular weight excluding hydrogens is 585 g/mol. The van der Waals surface area contributed by atoms with Gasteiger partial charge in [-0.15, -0.1) is 0 Å². The molecule has 0 amide bonds. The highest BCUT2D eigenvalue weighted by Crippen LogP contribution is 2.47. The molecular formula is C45H30N2O. The molecule has 0 aliphatic carbocycles. The van der Waals surface area contributed by atoms with Crippen LogP contribution in [-0.2, 0) is 0 Å². The van der Waals surface area contributed by atoms with Crippen molar-refractivity contribution in [2.45, 2.75) is 0 Å². The Labute approximate surface area is 279 Å². The first-order valence-corrected chi connectivity index (χ1v) is 16.2. The summed E-state index contributed by atoms with van der Waals surface area (Å²) in [5, 5.41) is 4.22. The van der Waals surface area contributed by atoms with Gasteiger partial charge in [-0.2, -0.15) is 0 Å². The first-order valence-electron chi connectivity index (χ1n) is 16.2. The van der Waals surface area contributed by atoms with Crippen molar-refractivity contribution in [1.82, 2.24) is 4.98 Å². The summed E-state index contributed by atoms with van der Waals surface area (Å²) in [6, 6.07) is 60.0. The summed E-state index contributed by atoms with van der Waals surface area (Å²) in [6.45, 7) is 0. The smallest absolute Gasteiger partial charge is 0.143 e. The van der Waals surface area contributed by atoms with E-state index in [9.17, 15) is 0 Å². The van der Waals surface area contributed by atoms with Crippen LogP contribution < -0.4 is 4.90 Å². The molecule has 0 aliphatic rings. The molecule has 0 bridgehead atoms. The number of aromatic nitrogens is 1. The lowest BCUT2D eigenvalue weighted by Crippen LogP contribution is -2.12. The van der Waals surface area contributed by atoms with E-state index in [1.165, 1.54) is 11.1 Å². The Hall–Kier alpha value is -6.45. The van der Waals surface area contributed by atoms with Gasteiger partial charge in [0.15, 0.2) is 0 Å². The van der Waals surface area contributed by atoms with Crippen molar-refractivity contribution in [3.63, 3.8) is 0 Å². The van der Waals surface area contributed by atoms with Gasteiger partial charge >= 0.3 is 0 Å². The second kappa shape index (κ2) is 11.7. The average molecular weight is 615 g/mol. The van der Waals surface area contributed by atoms with Crippen LogP contribution in [0.5, 0.6) is 0 Å². The molecule has 0 unspecified atom stereocenters. The summed E-state index contributed by atoms with van der Waals surface area (Å²) >= 11 is 0. The molecule has 3 heteroatoms. The van der Waals surface area contributed by atoms with Crippen LogP contribution in [-0.4, -0.2) is 4.98 Å². The molecule has 0 spiro atoms. The number of rotatable bonds is 6. The predicted molar refractivity (Wildman–Crippen MR) is 200 cm³/mol. The van der Waals surface area contributed by atoms with Crippen molar-refractivity contribution >= 4 is 49.8 Å². The quantitative estimate of drug-likeness (QED) is 0.187. The number of anilines is 3. The minimum absolute atomic E-state index is 0.875. The normalized spacial score (nSPS) is 11.3. The van der Waals surface area contributed by atoms with Crippen LogP contribution in [0.3, 0.4) is 0 Å². The highest BCUT2D eigenvalue weighted by atomic mass is 16.3. The van der Waals surface area contributed by atoms with E-state index in [0.717, 1.165) is 72.0 Å². The number of fused-ring (bicyclic) bond motifs is 5. The van der Waals surface area contributed by atoms with Crippen LogP contribution in [0.2, 0.25) is 0 Å². The van der Waals surface area contributed by atoms with Crippen LogP contribution in [0, 0.1) is 0 Å². The third kappa shape index (κ3) is 4.81. The van der Waals surface area contributed by atoms with Gasteiger partial charge in [-0.3, -0.25) is 4.98 Å². The summed E-state index contributed by atoms with van der Waals surface area (Å²) in [6.07, 6.45) is 3.81. The lowest BCUT2D eigenvalue weighted by atomic mass is 9.98. The zero-order valence-corrected chi connectivity index (χ0v) is 26.1. The molecule has 0 saturated carbocycles.